The third-order valence-electron chi connectivity index (χ3n) is 2.96. The number of nitrogens with zero attached hydrogens (tertiary/aromatic N) is 1. The minimum Gasteiger partial charge on any atom is -0.350 e. The summed E-state index contributed by atoms with van der Waals surface area (Å²) in [7, 11) is 0. The van der Waals surface area contributed by atoms with Crippen LogP contribution in [0.5, 0.6) is 0 Å². The average Bonchev–Trinajstić information content (AvgIpc) is 2.34. The molecule has 0 spiro atoms. The van der Waals surface area contributed by atoms with Gasteiger partial charge in [-0.3, -0.25) is 4.79 Å². The fourth-order valence-electron chi connectivity index (χ4n) is 1.80. The van der Waals surface area contributed by atoms with Gasteiger partial charge >= 0.3 is 0 Å². The van der Waals surface area contributed by atoms with E-state index >= 15 is 0 Å². The molecule has 1 atom stereocenters. The van der Waals surface area contributed by atoms with Gasteiger partial charge in [-0.05, 0) is 57.9 Å². The van der Waals surface area contributed by atoms with Crippen molar-refractivity contribution in [3.8, 4) is 6.07 Å². The molecule has 0 saturated heterocycles. The highest BCUT2D eigenvalue weighted by Gasteiger charge is 2.18. The number of benzene rings is 1. The molecule has 0 fully saturated rings. The molecule has 0 aliphatic heterocycles. The molecule has 0 heterocycles. The summed E-state index contributed by atoms with van der Waals surface area (Å²) in [6.07, 6.45) is 0. The van der Waals surface area contributed by atoms with Gasteiger partial charge in [-0.2, -0.15) is 5.26 Å². The molecule has 1 rings (SSSR count). The minimum atomic E-state index is -0.260. The first-order chi connectivity index (χ1) is 9.23. The Morgan fingerprint density at radius 3 is 2.55 bits per heavy atom. The van der Waals surface area contributed by atoms with Crippen molar-refractivity contribution in [1.82, 2.24) is 10.6 Å². The van der Waals surface area contributed by atoms with Crippen molar-refractivity contribution < 1.29 is 4.79 Å². The van der Waals surface area contributed by atoms with Crippen molar-refractivity contribution in [2.75, 3.05) is 0 Å². The zero-order valence-corrected chi connectivity index (χ0v) is 12.9. The summed E-state index contributed by atoms with van der Waals surface area (Å²) >= 11 is 0. The second kappa shape index (κ2) is 6.53. The highest BCUT2D eigenvalue weighted by Crippen LogP contribution is 2.10. The number of nitriles is 1. The van der Waals surface area contributed by atoms with Crippen LogP contribution in [0.2, 0.25) is 0 Å². The summed E-state index contributed by atoms with van der Waals surface area (Å²) in [6.45, 7) is 10.3. The molecule has 1 aromatic rings. The zero-order chi connectivity index (χ0) is 15.3. The van der Waals surface area contributed by atoms with Crippen molar-refractivity contribution in [3.63, 3.8) is 0 Å². The van der Waals surface area contributed by atoms with Crippen LogP contribution < -0.4 is 10.6 Å². The Kier molecular flexibility index (Phi) is 5.29. The lowest BCUT2D eigenvalue weighted by Gasteiger charge is -2.24. The summed E-state index contributed by atoms with van der Waals surface area (Å²) in [5.41, 5.74) is 2.58. The maximum atomic E-state index is 11.9. The third-order valence-corrected chi connectivity index (χ3v) is 2.96. The minimum absolute atomic E-state index is 0.0104. The molecule has 4 nitrogen and oxygen atoms in total. The lowest BCUT2D eigenvalue weighted by Crippen LogP contribution is -2.49. The first-order valence-electron chi connectivity index (χ1n) is 6.78. The van der Waals surface area contributed by atoms with Crippen LogP contribution in [0.15, 0.2) is 18.2 Å². The Bertz CT molecular complexity index is 524. The van der Waals surface area contributed by atoms with Crippen LogP contribution in [-0.2, 0) is 11.3 Å². The molecule has 4 heteroatoms. The van der Waals surface area contributed by atoms with Crippen LogP contribution in [-0.4, -0.2) is 17.5 Å². The molecule has 1 unspecified atom stereocenters. The summed E-state index contributed by atoms with van der Waals surface area (Å²) in [4.78, 5) is 11.9. The van der Waals surface area contributed by atoms with Gasteiger partial charge in [0.25, 0.3) is 0 Å². The Hall–Kier alpha value is -1.86. The van der Waals surface area contributed by atoms with Crippen LogP contribution in [0, 0.1) is 18.3 Å². The quantitative estimate of drug-likeness (QED) is 0.884. The summed E-state index contributed by atoms with van der Waals surface area (Å²) < 4.78 is 0. The molecule has 108 valence electrons. The fraction of sp³-hybridized carbons (Fsp3) is 0.500. The van der Waals surface area contributed by atoms with Gasteiger partial charge in [-0.25, -0.2) is 0 Å². The van der Waals surface area contributed by atoms with Crippen LogP contribution in [0.3, 0.4) is 0 Å². The van der Waals surface area contributed by atoms with Gasteiger partial charge in [0.05, 0.1) is 17.7 Å². The van der Waals surface area contributed by atoms with Crippen LogP contribution in [0.25, 0.3) is 0 Å². The van der Waals surface area contributed by atoms with E-state index in [9.17, 15) is 4.79 Å². The van der Waals surface area contributed by atoms with E-state index in [2.05, 4.69) is 16.7 Å². The van der Waals surface area contributed by atoms with E-state index in [0.717, 1.165) is 11.1 Å². The zero-order valence-electron chi connectivity index (χ0n) is 12.9. The van der Waals surface area contributed by atoms with Crippen LogP contribution in [0.1, 0.15) is 44.4 Å². The van der Waals surface area contributed by atoms with E-state index in [4.69, 9.17) is 5.26 Å². The molecule has 0 aromatic heterocycles. The number of rotatable bonds is 4. The first kappa shape index (κ1) is 16.2. The largest absolute Gasteiger partial charge is 0.350 e. The maximum absolute atomic E-state index is 11.9. The van der Waals surface area contributed by atoms with Gasteiger partial charge < -0.3 is 10.6 Å². The topological polar surface area (TPSA) is 64.9 Å². The van der Waals surface area contributed by atoms with E-state index < -0.39 is 0 Å². The van der Waals surface area contributed by atoms with E-state index in [1.807, 2.05) is 46.8 Å². The fourth-order valence-corrected chi connectivity index (χ4v) is 1.80. The molecule has 20 heavy (non-hydrogen) atoms. The van der Waals surface area contributed by atoms with E-state index in [-0.39, 0.29) is 17.5 Å². The number of hydrogen-bond donors (Lipinski definition) is 2. The lowest BCUT2D eigenvalue weighted by molar-refractivity contribution is -0.124. The maximum Gasteiger partial charge on any atom is 0.237 e. The number of amides is 1. The molecular weight excluding hydrogens is 250 g/mol. The predicted molar refractivity (Wildman–Crippen MR) is 80.1 cm³/mol. The standard InChI is InChI=1S/C16H23N3O/c1-11-8-13(9-17)6-7-14(11)10-18-12(2)15(20)19-16(3,4)5/h6-8,12,18H,10H2,1-5H3,(H,19,20). The predicted octanol–water partition coefficient (Wildman–Crippen LogP) is 2.26. The molecule has 1 aromatic carbocycles. The Balaban J connectivity index is 2.59. The van der Waals surface area contributed by atoms with Gasteiger partial charge in [-0.1, -0.05) is 6.07 Å². The molecule has 2 N–H and O–H groups in total. The first-order valence-corrected chi connectivity index (χ1v) is 6.78. The van der Waals surface area contributed by atoms with Gasteiger partial charge in [0.2, 0.25) is 5.91 Å². The smallest absolute Gasteiger partial charge is 0.237 e. The van der Waals surface area contributed by atoms with Crippen molar-refractivity contribution in [2.45, 2.75) is 52.7 Å². The van der Waals surface area contributed by atoms with Crippen molar-refractivity contribution in [1.29, 1.82) is 5.26 Å². The molecule has 0 saturated carbocycles. The van der Waals surface area contributed by atoms with Gasteiger partial charge in [-0.15, -0.1) is 0 Å². The number of carbonyl (C=O) groups excluding carboxylic acids is 1. The normalized spacial score (nSPS) is 12.6. The summed E-state index contributed by atoms with van der Waals surface area (Å²) in [6, 6.07) is 7.44. The Morgan fingerprint density at radius 2 is 2.05 bits per heavy atom. The average molecular weight is 273 g/mol. The SMILES string of the molecule is Cc1cc(C#N)ccc1CNC(C)C(=O)NC(C)(C)C. The molecule has 1 amide bonds. The molecule has 0 radical (unpaired) electrons. The highest BCUT2D eigenvalue weighted by molar-refractivity contribution is 5.81. The van der Waals surface area contributed by atoms with Gasteiger partial charge in [0.1, 0.15) is 0 Å². The third kappa shape index (κ3) is 5.02. The van der Waals surface area contributed by atoms with Crippen molar-refractivity contribution >= 4 is 5.91 Å². The summed E-state index contributed by atoms with van der Waals surface area (Å²) in [5, 5.41) is 15.0. The number of carbonyl (C=O) groups is 1. The monoisotopic (exact) mass is 273 g/mol. The number of aryl methyl sites for hydroxylation is 1. The van der Waals surface area contributed by atoms with Crippen LogP contribution in [0.4, 0.5) is 0 Å². The Labute approximate surface area is 121 Å². The molecule has 0 aliphatic carbocycles. The van der Waals surface area contributed by atoms with Gasteiger partial charge in [0.15, 0.2) is 0 Å². The van der Waals surface area contributed by atoms with Crippen LogP contribution >= 0.6 is 0 Å². The highest BCUT2D eigenvalue weighted by atomic mass is 16.2. The van der Waals surface area contributed by atoms with Crippen molar-refractivity contribution in [3.05, 3.63) is 34.9 Å². The van der Waals surface area contributed by atoms with Gasteiger partial charge in [0, 0.05) is 12.1 Å². The second-order valence-electron chi connectivity index (χ2n) is 6.09. The van der Waals surface area contributed by atoms with Crippen molar-refractivity contribution in [2.24, 2.45) is 0 Å². The van der Waals surface area contributed by atoms with E-state index in [0.29, 0.717) is 12.1 Å². The number of nitrogens with one attached hydrogen (secondary N) is 2. The van der Waals surface area contributed by atoms with E-state index in [1.54, 1.807) is 6.07 Å². The number of hydrogen-bond acceptors (Lipinski definition) is 3. The lowest BCUT2D eigenvalue weighted by atomic mass is 10.1. The van der Waals surface area contributed by atoms with E-state index in [1.165, 1.54) is 0 Å². The second-order valence-corrected chi connectivity index (χ2v) is 6.09. The Morgan fingerprint density at radius 1 is 1.40 bits per heavy atom. The molecular formula is C16H23N3O. The molecule has 0 aliphatic rings. The summed E-state index contributed by atoms with van der Waals surface area (Å²) in [5.74, 6) is -0.0104. The molecule has 0 bridgehead atoms.